The molecule has 0 aliphatic rings. The van der Waals surface area contributed by atoms with E-state index < -0.39 is 11.9 Å². The molecule has 96 valence electrons. The number of amides is 1. The minimum absolute atomic E-state index is 0. The monoisotopic (exact) mass is 280 g/mol. The number of hydrogen-bond acceptors (Lipinski definition) is 2. The first-order valence-corrected chi connectivity index (χ1v) is 5.30. The molecular formula is C11H15Cl2FN2O. The molecule has 0 aliphatic carbocycles. The second-order valence-corrected chi connectivity index (χ2v) is 4.09. The van der Waals surface area contributed by atoms with Gasteiger partial charge in [0.25, 0.3) is 0 Å². The molecule has 1 aromatic carbocycles. The highest BCUT2D eigenvalue weighted by atomic mass is 35.5. The Balaban J connectivity index is 0.00000256. The van der Waals surface area contributed by atoms with Gasteiger partial charge in [-0.3, -0.25) is 4.79 Å². The van der Waals surface area contributed by atoms with E-state index in [1.807, 2.05) is 0 Å². The van der Waals surface area contributed by atoms with Crippen LogP contribution >= 0.6 is 24.0 Å². The molecule has 0 spiro atoms. The SMILES string of the molecule is CC(NC(=O)[C@@H](C)N)c1ccc(F)cc1Cl.Cl. The van der Waals surface area contributed by atoms with Crippen LogP contribution < -0.4 is 11.1 Å². The summed E-state index contributed by atoms with van der Waals surface area (Å²) in [6, 6.07) is 3.18. The fourth-order valence-corrected chi connectivity index (χ4v) is 1.61. The second kappa shape index (κ2) is 6.79. The summed E-state index contributed by atoms with van der Waals surface area (Å²) in [7, 11) is 0. The van der Waals surface area contributed by atoms with Crippen molar-refractivity contribution in [2.45, 2.75) is 25.9 Å². The van der Waals surface area contributed by atoms with Crippen molar-refractivity contribution in [3.05, 3.63) is 34.6 Å². The van der Waals surface area contributed by atoms with Crippen LogP contribution in [0, 0.1) is 5.82 Å². The zero-order chi connectivity index (χ0) is 12.3. The molecule has 3 nitrogen and oxygen atoms in total. The zero-order valence-corrected chi connectivity index (χ0v) is 11.1. The van der Waals surface area contributed by atoms with Gasteiger partial charge < -0.3 is 11.1 Å². The van der Waals surface area contributed by atoms with Crippen molar-refractivity contribution in [1.29, 1.82) is 0 Å². The van der Waals surface area contributed by atoms with E-state index in [9.17, 15) is 9.18 Å². The summed E-state index contributed by atoms with van der Waals surface area (Å²) in [5.74, 6) is -0.674. The normalized spacial score (nSPS) is 13.5. The molecule has 0 aromatic heterocycles. The lowest BCUT2D eigenvalue weighted by Gasteiger charge is -2.17. The Bertz CT molecular complexity index is 399. The highest BCUT2D eigenvalue weighted by Crippen LogP contribution is 2.23. The van der Waals surface area contributed by atoms with Crippen LogP contribution in [0.3, 0.4) is 0 Å². The first kappa shape index (κ1) is 16.2. The van der Waals surface area contributed by atoms with E-state index in [0.29, 0.717) is 5.56 Å². The van der Waals surface area contributed by atoms with E-state index >= 15 is 0 Å². The van der Waals surface area contributed by atoms with Gasteiger partial charge in [0, 0.05) is 5.02 Å². The Morgan fingerprint density at radius 1 is 1.47 bits per heavy atom. The van der Waals surface area contributed by atoms with E-state index in [-0.39, 0.29) is 29.4 Å². The van der Waals surface area contributed by atoms with Gasteiger partial charge in [-0.15, -0.1) is 12.4 Å². The number of hydrogen-bond donors (Lipinski definition) is 2. The van der Waals surface area contributed by atoms with Gasteiger partial charge in [-0.25, -0.2) is 4.39 Å². The Hall–Kier alpha value is -0.840. The van der Waals surface area contributed by atoms with E-state index in [1.165, 1.54) is 12.1 Å². The first-order chi connectivity index (χ1) is 7.41. The van der Waals surface area contributed by atoms with Crippen LogP contribution in [0.1, 0.15) is 25.5 Å². The summed E-state index contributed by atoms with van der Waals surface area (Å²) in [4.78, 5) is 11.4. The molecule has 0 fully saturated rings. The molecule has 0 heterocycles. The van der Waals surface area contributed by atoms with Crippen molar-refractivity contribution >= 4 is 29.9 Å². The molecule has 6 heteroatoms. The van der Waals surface area contributed by atoms with E-state index in [2.05, 4.69) is 5.32 Å². The van der Waals surface area contributed by atoms with Gasteiger partial charge >= 0.3 is 0 Å². The lowest BCUT2D eigenvalue weighted by molar-refractivity contribution is -0.122. The fourth-order valence-electron chi connectivity index (χ4n) is 1.28. The van der Waals surface area contributed by atoms with Gasteiger partial charge in [0.1, 0.15) is 5.82 Å². The number of rotatable bonds is 3. The molecule has 3 N–H and O–H groups in total. The number of nitrogens with two attached hydrogens (primary N) is 1. The number of halogens is 3. The maximum absolute atomic E-state index is 12.8. The van der Waals surface area contributed by atoms with Crippen LogP contribution in [0.5, 0.6) is 0 Å². The smallest absolute Gasteiger partial charge is 0.237 e. The molecule has 1 amide bonds. The van der Waals surface area contributed by atoms with Crippen molar-refractivity contribution in [2.75, 3.05) is 0 Å². The Kier molecular flexibility index (Phi) is 6.45. The van der Waals surface area contributed by atoms with Crippen molar-refractivity contribution in [2.24, 2.45) is 5.73 Å². The quantitative estimate of drug-likeness (QED) is 0.894. The largest absolute Gasteiger partial charge is 0.348 e. The molecule has 1 aromatic rings. The van der Waals surface area contributed by atoms with Crippen LogP contribution in [0.4, 0.5) is 4.39 Å². The summed E-state index contributed by atoms with van der Waals surface area (Å²) < 4.78 is 12.8. The van der Waals surface area contributed by atoms with Crippen LogP contribution in [0.25, 0.3) is 0 Å². The molecule has 17 heavy (non-hydrogen) atoms. The van der Waals surface area contributed by atoms with E-state index in [0.717, 1.165) is 0 Å². The number of benzene rings is 1. The maximum Gasteiger partial charge on any atom is 0.237 e. The number of carbonyl (C=O) groups is 1. The van der Waals surface area contributed by atoms with Crippen LogP contribution in [-0.4, -0.2) is 11.9 Å². The predicted molar refractivity (Wildman–Crippen MR) is 68.9 cm³/mol. The van der Waals surface area contributed by atoms with Gasteiger partial charge in [-0.05, 0) is 31.5 Å². The molecule has 0 aliphatic heterocycles. The Morgan fingerprint density at radius 3 is 2.53 bits per heavy atom. The van der Waals surface area contributed by atoms with E-state index in [4.69, 9.17) is 17.3 Å². The third-order valence-electron chi connectivity index (χ3n) is 2.20. The third kappa shape index (κ3) is 4.50. The van der Waals surface area contributed by atoms with Crippen molar-refractivity contribution in [1.82, 2.24) is 5.32 Å². The topological polar surface area (TPSA) is 55.1 Å². The second-order valence-electron chi connectivity index (χ2n) is 3.68. The van der Waals surface area contributed by atoms with Crippen LogP contribution in [0.2, 0.25) is 5.02 Å². The van der Waals surface area contributed by atoms with Crippen LogP contribution in [0.15, 0.2) is 18.2 Å². The van der Waals surface area contributed by atoms with Gasteiger partial charge in [0.05, 0.1) is 12.1 Å². The first-order valence-electron chi connectivity index (χ1n) is 4.92. The zero-order valence-electron chi connectivity index (χ0n) is 9.54. The molecule has 1 rings (SSSR count). The van der Waals surface area contributed by atoms with Gasteiger partial charge in [0.15, 0.2) is 0 Å². The van der Waals surface area contributed by atoms with Crippen molar-refractivity contribution in [3.63, 3.8) is 0 Å². The minimum atomic E-state index is -0.582. The highest BCUT2D eigenvalue weighted by molar-refractivity contribution is 6.31. The standard InChI is InChI=1S/C11H14ClFN2O.ClH/c1-6(14)11(16)15-7(2)9-4-3-8(13)5-10(9)12;/h3-7H,14H2,1-2H3,(H,15,16);1H/t6-,7?;/m1./s1. The molecule has 0 radical (unpaired) electrons. The lowest BCUT2D eigenvalue weighted by Crippen LogP contribution is -2.39. The minimum Gasteiger partial charge on any atom is -0.348 e. The predicted octanol–water partition coefficient (Wildman–Crippen LogP) is 2.43. The average molecular weight is 281 g/mol. The van der Waals surface area contributed by atoms with Crippen LogP contribution in [-0.2, 0) is 4.79 Å². The lowest BCUT2D eigenvalue weighted by atomic mass is 10.1. The summed E-state index contributed by atoms with van der Waals surface area (Å²) >= 11 is 5.86. The average Bonchev–Trinajstić information content (AvgIpc) is 2.16. The highest BCUT2D eigenvalue weighted by Gasteiger charge is 2.15. The summed E-state index contributed by atoms with van der Waals surface area (Å²) in [5, 5.41) is 2.97. The number of carbonyl (C=O) groups excluding carboxylic acids is 1. The summed E-state index contributed by atoms with van der Waals surface area (Å²) in [6.45, 7) is 3.35. The Morgan fingerprint density at radius 2 is 2.06 bits per heavy atom. The van der Waals surface area contributed by atoms with Crippen molar-refractivity contribution < 1.29 is 9.18 Å². The summed E-state index contributed by atoms with van der Waals surface area (Å²) in [6.07, 6.45) is 0. The van der Waals surface area contributed by atoms with E-state index in [1.54, 1.807) is 19.9 Å². The molecule has 0 saturated carbocycles. The number of nitrogens with one attached hydrogen (secondary N) is 1. The fraction of sp³-hybridized carbons (Fsp3) is 0.364. The van der Waals surface area contributed by atoms with Gasteiger partial charge in [-0.2, -0.15) is 0 Å². The van der Waals surface area contributed by atoms with Gasteiger partial charge in [0.2, 0.25) is 5.91 Å². The molecule has 0 saturated heterocycles. The molecule has 1 unspecified atom stereocenters. The Labute approximate surface area is 111 Å². The molecule has 0 bridgehead atoms. The third-order valence-corrected chi connectivity index (χ3v) is 2.53. The molecular weight excluding hydrogens is 266 g/mol. The van der Waals surface area contributed by atoms with Gasteiger partial charge in [-0.1, -0.05) is 17.7 Å². The molecule has 2 atom stereocenters. The van der Waals surface area contributed by atoms with Crippen molar-refractivity contribution in [3.8, 4) is 0 Å². The maximum atomic E-state index is 12.8. The summed E-state index contributed by atoms with van der Waals surface area (Å²) in [5.41, 5.74) is 6.08.